The van der Waals surface area contributed by atoms with Crippen molar-refractivity contribution in [3.8, 4) is 11.4 Å². The van der Waals surface area contributed by atoms with Gasteiger partial charge in [0, 0.05) is 41.4 Å². The minimum atomic E-state index is 0.153. The van der Waals surface area contributed by atoms with E-state index in [1.807, 2.05) is 7.05 Å². The van der Waals surface area contributed by atoms with E-state index in [4.69, 9.17) is 5.11 Å². The normalized spacial score (nSPS) is 19.7. The van der Waals surface area contributed by atoms with Crippen LogP contribution in [0, 0.1) is 5.41 Å². The predicted molar refractivity (Wildman–Crippen MR) is 107 cm³/mol. The van der Waals surface area contributed by atoms with Crippen LogP contribution >= 0.6 is 0 Å². The molecule has 0 radical (unpaired) electrons. The maximum absolute atomic E-state index is 9.15. The second kappa shape index (κ2) is 6.47. The molecule has 1 aliphatic rings. The van der Waals surface area contributed by atoms with Crippen molar-refractivity contribution in [3.63, 3.8) is 0 Å². The average Bonchev–Trinajstić information content (AvgIpc) is 3.24. The number of nitrogens with zero attached hydrogens (tertiary/aromatic N) is 2. The van der Waals surface area contributed by atoms with Gasteiger partial charge < -0.3 is 15.0 Å². The van der Waals surface area contributed by atoms with Gasteiger partial charge in [0.25, 0.3) is 0 Å². The number of rotatable bonds is 5. The van der Waals surface area contributed by atoms with Crippen LogP contribution in [-0.2, 0) is 12.8 Å². The topological polar surface area (TPSA) is 67.9 Å². The van der Waals surface area contributed by atoms with Gasteiger partial charge >= 0.3 is 0 Å². The first-order valence-electron chi connectivity index (χ1n) is 9.54. The number of aromatic nitrogens is 3. The number of aromatic amines is 2. The molecule has 0 spiro atoms. The molecule has 2 aromatic heterocycles. The van der Waals surface area contributed by atoms with E-state index >= 15 is 0 Å². The van der Waals surface area contributed by atoms with Crippen LogP contribution in [0.25, 0.3) is 22.3 Å². The summed E-state index contributed by atoms with van der Waals surface area (Å²) < 4.78 is 0. The number of likely N-dealkylation sites (N-methyl/N-ethyl adjacent to an activating group) is 1. The second-order valence-corrected chi connectivity index (χ2v) is 7.97. The summed E-state index contributed by atoms with van der Waals surface area (Å²) >= 11 is 0. The Morgan fingerprint density at radius 2 is 2.15 bits per heavy atom. The Hall–Kier alpha value is -2.27. The maximum Gasteiger partial charge on any atom is 0.112 e. The van der Waals surface area contributed by atoms with Gasteiger partial charge in [0.1, 0.15) is 5.69 Å². The van der Waals surface area contributed by atoms with Gasteiger partial charge in [-0.05, 0) is 42.9 Å². The van der Waals surface area contributed by atoms with Crippen LogP contribution in [0.2, 0.25) is 0 Å². The number of benzene rings is 1. The minimum absolute atomic E-state index is 0.153. The van der Waals surface area contributed by atoms with E-state index in [0.717, 1.165) is 35.4 Å². The van der Waals surface area contributed by atoms with Crippen molar-refractivity contribution in [2.75, 3.05) is 25.1 Å². The number of nitrogens with one attached hydrogen (secondary N) is 2. The van der Waals surface area contributed by atoms with Crippen LogP contribution in [0.1, 0.15) is 37.9 Å². The highest BCUT2D eigenvalue weighted by molar-refractivity contribution is 5.88. The van der Waals surface area contributed by atoms with Crippen LogP contribution in [0.15, 0.2) is 24.3 Å². The van der Waals surface area contributed by atoms with Gasteiger partial charge in [-0.2, -0.15) is 5.10 Å². The molecule has 2 heterocycles. The molecule has 4 rings (SSSR count). The van der Waals surface area contributed by atoms with E-state index in [-0.39, 0.29) is 6.61 Å². The van der Waals surface area contributed by atoms with Crippen molar-refractivity contribution in [3.05, 3.63) is 35.5 Å². The first kappa shape index (κ1) is 17.2. The average molecular weight is 352 g/mol. The molecular weight excluding hydrogens is 324 g/mol. The molecule has 1 atom stereocenters. The highest BCUT2D eigenvalue weighted by Gasteiger charge is 2.31. The molecule has 1 aliphatic carbocycles. The van der Waals surface area contributed by atoms with Gasteiger partial charge in [-0.3, -0.25) is 5.10 Å². The minimum Gasteiger partial charge on any atom is -0.395 e. The summed E-state index contributed by atoms with van der Waals surface area (Å²) in [6, 6.07) is 8.56. The lowest BCUT2D eigenvalue weighted by Gasteiger charge is -2.32. The molecule has 0 amide bonds. The lowest BCUT2D eigenvalue weighted by atomic mass is 9.73. The van der Waals surface area contributed by atoms with E-state index < -0.39 is 0 Å². The fourth-order valence-corrected chi connectivity index (χ4v) is 4.04. The Morgan fingerprint density at radius 3 is 2.92 bits per heavy atom. The number of fused-ring (bicyclic) bond motifs is 2. The molecule has 3 aromatic rings. The summed E-state index contributed by atoms with van der Waals surface area (Å²) in [6.07, 6.45) is 4.60. The molecular formula is C21H28N4O. The highest BCUT2D eigenvalue weighted by atomic mass is 16.3. The van der Waals surface area contributed by atoms with Gasteiger partial charge in [0.15, 0.2) is 0 Å². The molecule has 3 N–H and O–H groups in total. The Bertz CT molecular complexity index is 925. The van der Waals surface area contributed by atoms with Crippen molar-refractivity contribution < 1.29 is 5.11 Å². The summed E-state index contributed by atoms with van der Waals surface area (Å²) in [4.78, 5) is 5.61. The lowest BCUT2D eigenvalue weighted by Crippen LogP contribution is -2.24. The van der Waals surface area contributed by atoms with Gasteiger partial charge in [-0.1, -0.05) is 26.3 Å². The molecule has 5 heteroatoms. The summed E-state index contributed by atoms with van der Waals surface area (Å²) in [7, 11) is 2.00. The molecule has 5 nitrogen and oxygen atoms in total. The number of aliphatic hydroxyl groups excluding tert-OH is 1. The zero-order chi connectivity index (χ0) is 18.3. The van der Waals surface area contributed by atoms with Crippen LogP contribution in [0.5, 0.6) is 0 Å². The summed E-state index contributed by atoms with van der Waals surface area (Å²) in [5.74, 6) is 0. The van der Waals surface area contributed by atoms with Crippen LogP contribution in [0.4, 0.5) is 5.69 Å². The molecule has 26 heavy (non-hydrogen) atoms. The van der Waals surface area contributed by atoms with Gasteiger partial charge in [0.05, 0.1) is 12.3 Å². The SMILES string of the molecule is CCC1(C)CCc2c(-c3cc4ccc(N(C)CCO)cc4[nH]3)n[nH]c2C1. The molecule has 0 saturated carbocycles. The zero-order valence-electron chi connectivity index (χ0n) is 15.9. The van der Waals surface area contributed by atoms with Gasteiger partial charge in [-0.25, -0.2) is 0 Å². The molecule has 0 aliphatic heterocycles. The molecule has 1 unspecified atom stereocenters. The molecule has 0 fully saturated rings. The Kier molecular flexibility index (Phi) is 4.27. The van der Waals surface area contributed by atoms with Gasteiger partial charge in [-0.15, -0.1) is 0 Å². The second-order valence-electron chi connectivity index (χ2n) is 7.97. The summed E-state index contributed by atoms with van der Waals surface area (Å²) in [5.41, 5.74) is 7.43. The third-order valence-electron chi connectivity index (χ3n) is 6.13. The molecule has 138 valence electrons. The van der Waals surface area contributed by atoms with E-state index in [2.05, 4.69) is 58.2 Å². The third-order valence-corrected chi connectivity index (χ3v) is 6.13. The Labute approximate surface area is 154 Å². The van der Waals surface area contributed by atoms with Crippen molar-refractivity contribution in [2.45, 2.75) is 39.5 Å². The zero-order valence-corrected chi connectivity index (χ0v) is 15.9. The van der Waals surface area contributed by atoms with Crippen molar-refractivity contribution in [1.29, 1.82) is 0 Å². The van der Waals surface area contributed by atoms with E-state index in [9.17, 15) is 0 Å². The maximum atomic E-state index is 9.15. The molecule has 0 saturated heterocycles. The highest BCUT2D eigenvalue weighted by Crippen LogP contribution is 2.40. The monoisotopic (exact) mass is 352 g/mol. The van der Waals surface area contributed by atoms with E-state index in [0.29, 0.717) is 12.0 Å². The number of hydrogen-bond donors (Lipinski definition) is 3. The standard InChI is InChI=1S/C21H28N4O/c1-4-21(2)8-7-16-19(13-21)23-24-20(16)18-11-14-5-6-15(12-17(14)22-18)25(3)9-10-26/h5-6,11-12,22,26H,4,7-10,13H2,1-3H3,(H,23,24). The summed E-state index contributed by atoms with van der Waals surface area (Å²) in [5, 5.41) is 18.3. The molecule has 0 bridgehead atoms. The smallest absolute Gasteiger partial charge is 0.112 e. The first-order valence-corrected chi connectivity index (χ1v) is 9.54. The number of aliphatic hydroxyl groups is 1. The number of anilines is 1. The largest absolute Gasteiger partial charge is 0.395 e. The van der Waals surface area contributed by atoms with Crippen LogP contribution in [-0.4, -0.2) is 40.5 Å². The Morgan fingerprint density at radius 1 is 1.31 bits per heavy atom. The number of hydrogen-bond acceptors (Lipinski definition) is 3. The quantitative estimate of drug-likeness (QED) is 0.652. The van der Waals surface area contributed by atoms with E-state index in [1.165, 1.54) is 29.5 Å². The number of H-pyrrole nitrogens is 2. The Balaban J connectivity index is 1.68. The predicted octanol–water partition coefficient (Wildman–Crippen LogP) is 3.89. The van der Waals surface area contributed by atoms with Crippen molar-refractivity contribution in [1.82, 2.24) is 15.2 Å². The van der Waals surface area contributed by atoms with Crippen molar-refractivity contribution >= 4 is 16.6 Å². The van der Waals surface area contributed by atoms with Crippen LogP contribution in [0.3, 0.4) is 0 Å². The first-order chi connectivity index (χ1) is 12.5. The lowest BCUT2D eigenvalue weighted by molar-refractivity contribution is 0.265. The molecule has 1 aromatic carbocycles. The van der Waals surface area contributed by atoms with E-state index in [1.54, 1.807) is 0 Å². The van der Waals surface area contributed by atoms with Gasteiger partial charge in [0.2, 0.25) is 0 Å². The fourth-order valence-electron chi connectivity index (χ4n) is 4.04. The third kappa shape index (κ3) is 2.90. The summed E-state index contributed by atoms with van der Waals surface area (Å²) in [6.45, 7) is 5.44. The van der Waals surface area contributed by atoms with Crippen molar-refractivity contribution in [2.24, 2.45) is 5.41 Å². The fraction of sp³-hybridized carbons (Fsp3) is 0.476. The van der Waals surface area contributed by atoms with Crippen LogP contribution < -0.4 is 4.90 Å².